The summed E-state index contributed by atoms with van der Waals surface area (Å²) in [5.74, 6) is -0.458. The molecule has 0 bridgehead atoms. The van der Waals surface area contributed by atoms with E-state index in [9.17, 15) is 9.18 Å². The van der Waals surface area contributed by atoms with Crippen molar-refractivity contribution in [2.75, 3.05) is 25.2 Å². The van der Waals surface area contributed by atoms with Gasteiger partial charge in [0.25, 0.3) is 0 Å². The van der Waals surface area contributed by atoms with Gasteiger partial charge < -0.3 is 9.64 Å². The average Bonchev–Trinajstić information content (AvgIpc) is 3.14. The highest BCUT2D eigenvalue weighted by Gasteiger charge is 2.30. The number of rotatable bonds is 6. The highest BCUT2D eigenvalue weighted by molar-refractivity contribution is 5.85. The lowest BCUT2D eigenvalue weighted by Gasteiger charge is -2.25. The van der Waals surface area contributed by atoms with Crippen molar-refractivity contribution in [3.05, 3.63) is 29.6 Å². The normalized spacial score (nSPS) is 14.7. The number of hydrogen-bond donors (Lipinski definition) is 0. The van der Waals surface area contributed by atoms with Crippen LogP contribution in [0, 0.1) is 5.82 Å². The van der Waals surface area contributed by atoms with Crippen molar-refractivity contribution in [2.45, 2.75) is 18.9 Å². The topological polar surface area (TPSA) is 29.5 Å². The van der Waals surface area contributed by atoms with Crippen LogP contribution in [0.1, 0.15) is 23.2 Å². The zero-order chi connectivity index (χ0) is 12.3. The predicted octanol–water partition coefficient (Wildman–Crippen LogP) is 2.25. The Morgan fingerprint density at radius 3 is 2.88 bits per heavy atom. The van der Waals surface area contributed by atoms with Crippen molar-refractivity contribution in [1.29, 1.82) is 0 Å². The van der Waals surface area contributed by atoms with Crippen LogP contribution in [0.4, 0.5) is 10.1 Å². The maximum atomic E-state index is 13.5. The summed E-state index contributed by atoms with van der Waals surface area (Å²) in [6, 6.07) is 5.17. The monoisotopic (exact) mass is 237 g/mol. The summed E-state index contributed by atoms with van der Waals surface area (Å²) in [4.78, 5) is 13.0. The van der Waals surface area contributed by atoms with Crippen molar-refractivity contribution >= 4 is 12.0 Å². The van der Waals surface area contributed by atoms with Gasteiger partial charge in [0.05, 0.1) is 17.9 Å². The van der Waals surface area contributed by atoms with Crippen molar-refractivity contribution in [1.82, 2.24) is 0 Å². The van der Waals surface area contributed by atoms with Gasteiger partial charge in [-0.25, -0.2) is 4.39 Å². The lowest BCUT2D eigenvalue weighted by atomic mass is 10.1. The number of benzene rings is 1. The van der Waals surface area contributed by atoms with E-state index in [4.69, 9.17) is 4.74 Å². The minimum absolute atomic E-state index is 0.149. The number of carbonyl (C=O) groups is 1. The molecule has 1 saturated carbocycles. The Labute approximate surface area is 100 Å². The van der Waals surface area contributed by atoms with Gasteiger partial charge in [0.2, 0.25) is 0 Å². The van der Waals surface area contributed by atoms with Gasteiger partial charge in [-0.15, -0.1) is 0 Å². The fraction of sp³-hybridized carbons (Fsp3) is 0.462. The van der Waals surface area contributed by atoms with Crippen molar-refractivity contribution < 1.29 is 13.9 Å². The Hall–Kier alpha value is -1.42. The van der Waals surface area contributed by atoms with E-state index in [1.807, 2.05) is 0 Å². The summed E-state index contributed by atoms with van der Waals surface area (Å²) in [5, 5.41) is 0. The number of halogens is 1. The van der Waals surface area contributed by atoms with Crippen molar-refractivity contribution in [3.63, 3.8) is 0 Å². The minimum Gasteiger partial charge on any atom is -0.383 e. The van der Waals surface area contributed by atoms with Gasteiger partial charge in [0.15, 0.2) is 6.29 Å². The largest absolute Gasteiger partial charge is 0.383 e. The van der Waals surface area contributed by atoms with Crippen LogP contribution >= 0.6 is 0 Å². The third kappa shape index (κ3) is 2.64. The number of methoxy groups -OCH3 is 1. The van der Waals surface area contributed by atoms with Gasteiger partial charge in [0.1, 0.15) is 5.82 Å². The third-order valence-electron chi connectivity index (χ3n) is 2.98. The Morgan fingerprint density at radius 1 is 1.53 bits per heavy atom. The van der Waals surface area contributed by atoms with E-state index in [2.05, 4.69) is 4.90 Å². The summed E-state index contributed by atoms with van der Waals surface area (Å²) in [7, 11) is 1.64. The molecule has 0 saturated heterocycles. The first-order chi connectivity index (χ1) is 8.27. The van der Waals surface area contributed by atoms with Crippen LogP contribution in [0.25, 0.3) is 0 Å². The quantitative estimate of drug-likeness (QED) is 0.711. The maximum Gasteiger partial charge on any atom is 0.155 e. The molecule has 1 aliphatic carbocycles. The SMILES string of the molecule is COCCN(c1cccc(F)c1C=O)C1CC1. The van der Waals surface area contributed by atoms with E-state index in [1.54, 1.807) is 19.2 Å². The Bertz CT molecular complexity index is 404. The van der Waals surface area contributed by atoms with Crippen LogP contribution in [-0.4, -0.2) is 32.6 Å². The molecule has 0 aromatic heterocycles. The molecule has 1 fully saturated rings. The van der Waals surface area contributed by atoms with Gasteiger partial charge in [-0.1, -0.05) is 6.07 Å². The zero-order valence-corrected chi connectivity index (χ0v) is 9.86. The van der Waals surface area contributed by atoms with Gasteiger partial charge >= 0.3 is 0 Å². The number of ether oxygens (including phenoxy) is 1. The second-order valence-corrected chi connectivity index (χ2v) is 4.21. The highest BCUT2D eigenvalue weighted by atomic mass is 19.1. The van der Waals surface area contributed by atoms with Gasteiger partial charge in [-0.2, -0.15) is 0 Å². The van der Waals surface area contributed by atoms with E-state index < -0.39 is 5.82 Å². The van der Waals surface area contributed by atoms with Gasteiger partial charge in [-0.3, -0.25) is 4.79 Å². The lowest BCUT2D eigenvalue weighted by molar-refractivity contribution is 0.112. The highest BCUT2D eigenvalue weighted by Crippen LogP contribution is 2.33. The minimum atomic E-state index is -0.458. The molecule has 0 N–H and O–H groups in total. The summed E-state index contributed by atoms with van der Waals surface area (Å²) in [6.07, 6.45) is 2.78. The number of carbonyl (C=O) groups excluding carboxylic acids is 1. The smallest absolute Gasteiger partial charge is 0.155 e. The number of nitrogens with zero attached hydrogens (tertiary/aromatic N) is 1. The molecule has 92 valence electrons. The zero-order valence-electron chi connectivity index (χ0n) is 9.86. The molecule has 0 aliphatic heterocycles. The van der Waals surface area contributed by atoms with Gasteiger partial charge in [0, 0.05) is 19.7 Å². The molecule has 1 aromatic rings. The Kier molecular flexibility index (Phi) is 3.74. The summed E-state index contributed by atoms with van der Waals surface area (Å²) in [6.45, 7) is 1.26. The second kappa shape index (κ2) is 5.27. The fourth-order valence-electron chi connectivity index (χ4n) is 1.97. The first-order valence-electron chi connectivity index (χ1n) is 5.77. The van der Waals surface area contributed by atoms with E-state index in [0.717, 1.165) is 12.8 Å². The fourth-order valence-corrected chi connectivity index (χ4v) is 1.97. The number of anilines is 1. The first-order valence-corrected chi connectivity index (χ1v) is 5.77. The number of aldehydes is 1. The molecule has 0 radical (unpaired) electrons. The predicted molar refractivity (Wildman–Crippen MR) is 64.0 cm³/mol. The van der Waals surface area contributed by atoms with Crippen molar-refractivity contribution in [3.8, 4) is 0 Å². The molecular weight excluding hydrogens is 221 g/mol. The molecule has 2 rings (SSSR count). The van der Waals surface area contributed by atoms with Crippen LogP contribution in [0.5, 0.6) is 0 Å². The van der Waals surface area contributed by atoms with Crippen LogP contribution in [0.2, 0.25) is 0 Å². The molecule has 0 unspecified atom stereocenters. The second-order valence-electron chi connectivity index (χ2n) is 4.21. The molecule has 0 heterocycles. The summed E-state index contributed by atoms with van der Waals surface area (Å²) >= 11 is 0. The molecule has 0 spiro atoms. The first kappa shape index (κ1) is 12.0. The molecule has 1 aromatic carbocycles. The Morgan fingerprint density at radius 2 is 2.29 bits per heavy atom. The van der Waals surface area contributed by atoms with E-state index >= 15 is 0 Å². The van der Waals surface area contributed by atoms with Crippen LogP contribution in [-0.2, 0) is 4.74 Å². The van der Waals surface area contributed by atoms with E-state index in [1.165, 1.54) is 6.07 Å². The van der Waals surface area contributed by atoms with Gasteiger partial charge in [-0.05, 0) is 25.0 Å². The summed E-state index contributed by atoms with van der Waals surface area (Å²) in [5.41, 5.74) is 0.829. The van der Waals surface area contributed by atoms with E-state index in [-0.39, 0.29) is 5.56 Å². The standard InChI is InChI=1S/C13H16FNO2/c1-17-8-7-15(10-5-6-10)13-4-2-3-12(14)11(13)9-16/h2-4,9-10H,5-8H2,1H3. The molecule has 0 atom stereocenters. The maximum absolute atomic E-state index is 13.5. The summed E-state index contributed by atoms with van der Waals surface area (Å²) < 4.78 is 18.6. The molecule has 3 nitrogen and oxygen atoms in total. The molecular formula is C13H16FNO2. The molecule has 4 heteroatoms. The van der Waals surface area contributed by atoms with Crippen LogP contribution in [0.15, 0.2) is 18.2 Å². The average molecular weight is 237 g/mol. The molecule has 0 amide bonds. The molecule has 17 heavy (non-hydrogen) atoms. The molecule has 1 aliphatic rings. The van der Waals surface area contributed by atoms with Crippen LogP contribution in [0.3, 0.4) is 0 Å². The Balaban J connectivity index is 2.28. The van der Waals surface area contributed by atoms with Crippen LogP contribution < -0.4 is 4.90 Å². The van der Waals surface area contributed by atoms with E-state index in [0.29, 0.717) is 31.2 Å². The lowest BCUT2D eigenvalue weighted by Crippen LogP contribution is -2.30. The third-order valence-corrected chi connectivity index (χ3v) is 2.98. The number of hydrogen-bond acceptors (Lipinski definition) is 3. The van der Waals surface area contributed by atoms with Crippen molar-refractivity contribution in [2.24, 2.45) is 0 Å².